The van der Waals surface area contributed by atoms with Crippen molar-refractivity contribution in [2.24, 2.45) is 0 Å². The Morgan fingerprint density at radius 1 is 1.62 bits per heavy atom. The molecule has 0 aliphatic carbocycles. The molecule has 5 heteroatoms. The summed E-state index contributed by atoms with van der Waals surface area (Å²) in [4.78, 5) is 13.4. The van der Waals surface area contributed by atoms with Crippen molar-refractivity contribution in [2.75, 3.05) is 5.75 Å². The zero-order chi connectivity index (χ0) is 9.42. The normalized spacial score (nSPS) is 21.1. The van der Waals surface area contributed by atoms with E-state index >= 15 is 0 Å². The number of hydrogen-bond acceptors (Lipinski definition) is 2. The quantitative estimate of drug-likeness (QED) is 0.692. The molecule has 1 aliphatic heterocycles. The molecule has 13 heavy (non-hydrogen) atoms. The second-order valence-corrected chi connectivity index (χ2v) is 4.61. The van der Waals surface area contributed by atoms with E-state index in [1.54, 1.807) is 6.07 Å². The average molecular weight is 199 g/mol. The van der Waals surface area contributed by atoms with E-state index in [0.29, 0.717) is 17.9 Å². The Morgan fingerprint density at radius 3 is 3.08 bits per heavy atom. The van der Waals surface area contributed by atoms with Crippen LogP contribution in [0.1, 0.15) is 21.7 Å². The number of aryl methyl sites for hydroxylation is 1. The van der Waals surface area contributed by atoms with E-state index in [-0.39, 0.29) is 5.69 Å². The molecular weight excluding hydrogens is 190 g/mol. The monoisotopic (exact) mass is 199 g/mol. The van der Waals surface area contributed by atoms with E-state index in [2.05, 4.69) is 4.98 Å². The number of aromatic amines is 1. The fraction of sp³-hybridized carbons (Fsp3) is 0.375. The first-order valence-electron chi connectivity index (χ1n) is 3.96. The van der Waals surface area contributed by atoms with Crippen molar-refractivity contribution in [3.63, 3.8) is 0 Å². The summed E-state index contributed by atoms with van der Waals surface area (Å²) in [5.41, 5.74) is 2.02. The maximum Gasteiger partial charge on any atom is 0.352 e. The molecule has 4 nitrogen and oxygen atoms in total. The third-order valence-electron chi connectivity index (χ3n) is 2.12. The number of aromatic carboxylic acids is 1. The highest BCUT2D eigenvalue weighted by molar-refractivity contribution is 7.84. The van der Waals surface area contributed by atoms with Gasteiger partial charge in [-0.2, -0.15) is 0 Å². The smallest absolute Gasteiger partial charge is 0.352 e. The molecule has 2 N–H and O–H groups in total. The highest BCUT2D eigenvalue weighted by Crippen LogP contribution is 2.19. The van der Waals surface area contributed by atoms with Gasteiger partial charge in [0, 0.05) is 22.2 Å². The van der Waals surface area contributed by atoms with Gasteiger partial charge in [-0.1, -0.05) is 0 Å². The van der Waals surface area contributed by atoms with Gasteiger partial charge in [0.1, 0.15) is 5.69 Å². The van der Waals surface area contributed by atoms with Gasteiger partial charge in [0.2, 0.25) is 0 Å². The van der Waals surface area contributed by atoms with Crippen LogP contribution in [0.2, 0.25) is 0 Å². The minimum atomic E-state index is -0.958. The summed E-state index contributed by atoms with van der Waals surface area (Å²) in [6.45, 7) is 0. The van der Waals surface area contributed by atoms with Crippen LogP contribution in [0.5, 0.6) is 0 Å². The Hall–Kier alpha value is -1.10. The maximum atomic E-state index is 11.2. The molecule has 1 aliphatic rings. The van der Waals surface area contributed by atoms with Gasteiger partial charge >= 0.3 is 5.97 Å². The Bertz CT molecular complexity index is 383. The van der Waals surface area contributed by atoms with Crippen molar-refractivity contribution in [1.29, 1.82) is 0 Å². The molecule has 1 aromatic rings. The number of nitrogens with one attached hydrogen (secondary N) is 1. The first kappa shape index (κ1) is 8.50. The lowest BCUT2D eigenvalue weighted by molar-refractivity contribution is 0.0691. The summed E-state index contributed by atoms with van der Waals surface area (Å²) in [6.07, 6.45) is 0.690. The average Bonchev–Trinajstić information content (AvgIpc) is 2.46. The number of carboxylic acids is 1. The molecule has 2 heterocycles. The van der Waals surface area contributed by atoms with Crippen LogP contribution in [0.3, 0.4) is 0 Å². The molecule has 0 saturated carbocycles. The van der Waals surface area contributed by atoms with E-state index in [9.17, 15) is 9.00 Å². The minimum absolute atomic E-state index is 0.198. The van der Waals surface area contributed by atoms with Gasteiger partial charge in [-0.3, -0.25) is 4.21 Å². The Morgan fingerprint density at radius 2 is 2.38 bits per heavy atom. The summed E-state index contributed by atoms with van der Waals surface area (Å²) in [5.74, 6) is 0.159. The molecule has 0 fully saturated rings. The van der Waals surface area contributed by atoms with Gasteiger partial charge < -0.3 is 10.1 Å². The first-order chi connectivity index (χ1) is 6.16. The summed E-state index contributed by atoms with van der Waals surface area (Å²) in [7, 11) is -0.814. The summed E-state index contributed by atoms with van der Waals surface area (Å²) in [5, 5.41) is 8.69. The highest BCUT2D eigenvalue weighted by Gasteiger charge is 2.19. The molecular formula is C8H9NO3S. The molecule has 0 spiro atoms. The number of H-pyrrole nitrogens is 1. The van der Waals surface area contributed by atoms with Gasteiger partial charge in [0.15, 0.2) is 0 Å². The van der Waals surface area contributed by atoms with Crippen molar-refractivity contribution < 1.29 is 14.1 Å². The summed E-state index contributed by atoms with van der Waals surface area (Å²) >= 11 is 0. The molecule has 0 aromatic carbocycles. The number of fused-ring (bicyclic) bond motifs is 1. The third kappa shape index (κ3) is 1.51. The van der Waals surface area contributed by atoms with Gasteiger partial charge in [0.25, 0.3) is 0 Å². The Labute approximate surface area is 77.4 Å². The lowest BCUT2D eigenvalue weighted by Crippen LogP contribution is -2.11. The van der Waals surface area contributed by atoms with Gasteiger partial charge in [-0.25, -0.2) is 4.79 Å². The fourth-order valence-corrected chi connectivity index (χ4v) is 2.65. The van der Waals surface area contributed by atoms with Crippen LogP contribution in [0.25, 0.3) is 0 Å². The van der Waals surface area contributed by atoms with Crippen molar-refractivity contribution in [1.82, 2.24) is 4.98 Å². The lowest BCUT2D eigenvalue weighted by Gasteiger charge is -2.09. The molecule has 0 amide bonds. The molecule has 1 atom stereocenters. The zero-order valence-corrected chi connectivity index (χ0v) is 7.69. The van der Waals surface area contributed by atoms with E-state index in [0.717, 1.165) is 11.3 Å². The van der Waals surface area contributed by atoms with Crippen LogP contribution in [0, 0.1) is 0 Å². The number of rotatable bonds is 1. The standard InChI is InChI=1S/C8H9NO3S/c10-8(11)7-3-5-4-13(12)2-1-6(5)9-7/h3,9H,1-2,4H2,(H,10,11). The van der Waals surface area contributed by atoms with E-state index in [1.165, 1.54) is 0 Å². The number of carboxylic acid groups (broad SMARTS) is 1. The van der Waals surface area contributed by atoms with Crippen molar-refractivity contribution in [3.05, 3.63) is 23.0 Å². The van der Waals surface area contributed by atoms with Crippen LogP contribution in [0.15, 0.2) is 6.07 Å². The lowest BCUT2D eigenvalue weighted by atomic mass is 10.2. The minimum Gasteiger partial charge on any atom is -0.477 e. The van der Waals surface area contributed by atoms with Gasteiger partial charge in [0.05, 0.1) is 5.75 Å². The number of carbonyl (C=O) groups is 1. The van der Waals surface area contributed by atoms with E-state index in [4.69, 9.17) is 5.11 Å². The predicted molar refractivity (Wildman–Crippen MR) is 48.2 cm³/mol. The van der Waals surface area contributed by atoms with Crippen LogP contribution in [-0.4, -0.2) is 26.0 Å². The van der Waals surface area contributed by atoms with Crippen LogP contribution in [0.4, 0.5) is 0 Å². The molecule has 70 valence electrons. The van der Waals surface area contributed by atoms with Crippen molar-refractivity contribution in [3.8, 4) is 0 Å². The third-order valence-corrected chi connectivity index (χ3v) is 3.41. The maximum absolute atomic E-state index is 11.2. The summed E-state index contributed by atoms with van der Waals surface area (Å²) < 4.78 is 11.2. The highest BCUT2D eigenvalue weighted by atomic mass is 32.2. The Kier molecular flexibility index (Phi) is 1.95. The molecule has 2 rings (SSSR count). The first-order valence-corrected chi connectivity index (χ1v) is 5.44. The molecule has 0 radical (unpaired) electrons. The van der Waals surface area contributed by atoms with Crippen LogP contribution < -0.4 is 0 Å². The van der Waals surface area contributed by atoms with Gasteiger partial charge in [-0.05, 0) is 18.1 Å². The molecule has 1 unspecified atom stereocenters. The molecule has 1 aromatic heterocycles. The number of aromatic nitrogens is 1. The second-order valence-electron chi connectivity index (χ2n) is 3.03. The topological polar surface area (TPSA) is 70.2 Å². The fourth-order valence-electron chi connectivity index (χ4n) is 1.47. The van der Waals surface area contributed by atoms with Crippen LogP contribution in [-0.2, 0) is 23.0 Å². The summed E-state index contributed by atoms with van der Waals surface area (Å²) in [6, 6.07) is 1.58. The van der Waals surface area contributed by atoms with E-state index in [1.807, 2.05) is 0 Å². The predicted octanol–water partition coefficient (Wildman–Crippen LogP) is 0.518. The second kappa shape index (κ2) is 2.99. The largest absolute Gasteiger partial charge is 0.477 e. The Balaban J connectivity index is 2.39. The van der Waals surface area contributed by atoms with Crippen molar-refractivity contribution >= 4 is 16.8 Å². The van der Waals surface area contributed by atoms with E-state index < -0.39 is 16.8 Å². The number of hydrogen-bond donors (Lipinski definition) is 2. The molecule has 0 bridgehead atoms. The van der Waals surface area contributed by atoms with Gasteiger partial charge in [-0.15, -0.1) is 0 Å². The van der Waals surface area contributed by atoms with Crippen molar-refractivity contribution in [2.45, 2.75) is 12.2 Å². The van der Waals surface area contributed by atoms with Crippen LogP contribution >= 0.6 is 0 Å². The zero-order valence-electron chi connectivity index (χ0n) is 6.87. The SMILES string of the molecule is O=C(O)c1cc2c([nH]1)CCS(=O)C2. The molecule has 0 saturated heterocycles.